The highest BCUT2D eigenvalue weighted by molar-refractivity contribution is 6.01. The van der Waals surface area contributed by atoms with Gasteiger partial charge in [0.15, 0.2) is 5.82 Å². The maximum absolute atomic E-state index is 13.1. The SMILES string of the molecule is Cc1c(C(=O)N2CCOCC2)ccc2c3c([nH]c12)CCC(NC(=O)Nc1cc(C(C)(C)C)on1)C3. The van der Waals surface area contributed by atoms with Gasteiger partial charge >= 0.3 is 6.03 Å². The first-order valence-corrected chi connectivity index (χ1v) is 12.3. The number of ether oxygens (including phenoxy) is 1. The monoisotopic (exact) mass is 479 g/mol. The highest BCUT2D eigenvalue weighted by Gasteiger charge is 2.27. The number of carbonyl (C=O) groups is 2. The molecule has 9 heteroatoms. The number of rotatable bonds is 3. The third kappa shape index (κ3) is 4.65. The van der Waals surface area contributed by atoms with Gasteiger partial charge in [0.2, 0.25) is 0 Å². The molecule has 0 saturated carbocycles. The number of aromatic amines is 1. The number of H-pyrrole nitrogens is 1. The van der Waals surface area contributed by atoms with Gasteiger partial charge in [-0.1, -0.05) is 32.0 Å². The number of benzene rings is 1. The van der Waals surface area contributed by atoms with Crippen LogP contribution < -0.4 is 10.6 Å². The van der Waals surface area contributed by atoms with E-state index in [0.29, 0.717) is 32.1 Å². The van der Waals surface area contributed by atoms with Crippen LogP contribution in [0.25, 0.3) is 10.9 Å². The van der Waals surface area contributed by atoms with Gasteiger partial charge in [-0.3, -0.25) is 10.1 Å². The van der Waals surface area contributed by atoms with Crippen LogP contribution in [-0.4, -0.2) is 59.3 Å². The molecule has 0 bridgehead atoms. The van der Waals surface area contributed by atoms with Crippen molar-refractivity contribution in [3.05, 3.63) is 46.3 Å². The first-order chi connectivity index (χ1) is 16.7. The number of carbonyl (C=O) groups excluding carboxylic acids is 2. The molecule has 9 nitrogen and oxygen atoms in total. The molecular formula is C26H33N5O4. The molecule has 0 radical (unpaired) electrons. The zero-order valence-electron chi connectivity index (χ0n) is 20.8. The smallest absolute Gasteiger partial charge is 0.320 e. The van der Waals surface area contributed by atoms with E-state index in [1.54, 1.807) is 6.07 Å². The zero-order valence-corrected chi connectivity index (χ0v) is 20.8. The average molecular weight is 480 g/mol. The predicted octanol–water partition coefficient (Wildman–Crippen LogP) is 3.91. The Kier molecular flexibility index (Phi) is 6.04. The largest absolute Gasteiger partial charge is 0.378 e. The van der Waals surface area contributed by atoms with Gasteiger partial charge < -0.3 is 24.5 Å². The quantitative estimate of drug-likeness (QED) is 0.527. The molecule has 0 spiro atoms. The number of nitrogens with zero attached hydrogens (tertiary/aromatic N) is 2. The van der Waals surface area contributed by atoms with E-state index in [4.69, 9.17) is 9.26 Å². The Hall–Kier alpha value is -3.33. The molecule has 1 saturated heterocycles. The zero-order chi connectivity index (χ0) is 24.7. The van der Waals surface area contributed by atoms with Gasteiger partial charge in [0, 0.05) is 52.8 Å². The molecule has 2 aliphatic rings. The number of morpholine rings is 1. The number of nitrogens with one attached hydrogen (secondary N) is 3. The molecule has 3 N–H and O–H groups in total. The van der Waals surface area contributed by atoms with E-state index >= 15 is 0 Å². The Balaban J connectivity index is 1.29. The lowest BCUT2D eigenvalue weighted by Gasteiger charge is -2.27. The fraction of sp³-hybridized carbons (Fsp3) is 0.500. The number of aryl methyl sites for hydroxylation is 2. The maximum Gasteiger partial charge on any atom is 0.320 e. The minimum absolute atomic E-state index is 0.00505. The van der Waals surface area contributed by atoms with Gasteiger partial charge in [-0.25, -0.2) is 4.79 Å². The van der Waals surface area contributed by atoms with Crippen molar-refractivity contribution in [3.63, 3.8) is 0 Å². The van der Waals surface area contributed by atoms with Crippen LogP contribution in [0.1, 0.15) is 60.1 Å². The number of anilines is 1. The highest BCUT2D eigenvalue weighted by atomic mass is 16.5. The van der Waals surface area contributed by atoms with Crippen LogP contribution in [0.4, 0.5) is 10.6 Å². The molecule has 2 aromatic heterocycles. The Morgan fingerprint density at radius 1 is 1.20 bits per heavy atom. The van der Waals surface area contributed by atoms with E-state index in [1.807, 2.05) is 44.7 Å². The van der Waals surface area contributed by atoms with Crippen LogP contribution in [-0.2, 0) is 23.0 Å². The van der Waals surface area contributed by atoms with E-state index in [1.165, 1.54) is 11.3 Å². The number of hydrogen-bond acceptors (Lipinski definition) is 5. The molecular weight excluding hydrogens is 446 g/mol. The molecule has 1 aromatic carbocycles. The maximum atomic E-state index is 13.1. The summed E-state index contributed by atoms with van der Waals surface area (Å²) in [6.07, 6.45) is 2.39. The Bertz CT molecular complexity index is 1260. The average Bonchev–Trinajstić information content (AvgIpc) is 3.44. The second kappa shape index (κ2) is 9.03. The predicted molar refractivity (Wildman–Crippen MR) is 133 cm³/mol. The van der Waals surface area contributed by atoms with Crippen molar-refractivity contribution in [1.29, 1.82) is 0 Å². The van der Waals surface area contributed by atoms with Crippen molar-refractivity contribution in [1.82, 2.24) is 20.4 Å². The summed E-state index contributed by atoms with van der Waals surface area (Å²) in [6, 6.07) is 5.45. The lowest BCUT2D eigenvalue weighted by molar-refractivity contribution is 0.0302. The third-order valence-electron chi connectivity index (χ3n) is 6.98. The molecule has 5 rings (SSSR count). The molecule has 1 unspecified atom stereocenters. The van der Waals surface area contributed by atoms with E-state index in [9.17, 15) is 9.59 Å². The van der Waals surface area contributed by atoms with Gasteiger partial charge in [0.05, 0.1) is 13.2 Å². The molecule has 3 amide bonds. The lowest BCUT2D eigenvalue weighted by Crippen LogP contribution is -2.41. The second-order valence-corrected chi connectivity index (χ2v) is 10.5. The van der Waals surface area contributed by atoms with Crippen LogP contribution in [0.15, 0.2) is 22.7 Å². The molecule has 1 fully saturated rings. The number of aromatic nitrogens is 2. The summed E-state index contributed by atoms with van der Waals surface area (Å²) in [5.74, 6) is 1.18. The standard InChI is InChI=1S/C26H33N5O4/c1-15-17(24(32)31-9-11-34-12-10-31)6-7-18-19-13-16(5-8-20(19)28-23(15)18)27-25(33)29-22-14-21(35-30-22)26(2,3)4/h6-7,14,16,28H,5,8-13H2,1-4H3,(H2,27,29,30,33). The molecule has 3 heterocycles. The summed E-state index contributed by atoms with van der Waals surface area (Å²) < 4.78 is 10.7. The summed E-state index contributed by atoms with van der Waals surface area (Å²) in [7, 11) is 0. The highest BCUT2D eigenvalue weighted by Crippen LogP contribution is 2.33. The normalized spacial score (nSPS) is 18.4. The van der Waals surface area contributed by atoms with Crippen molar-refractivity contribution in [2.45, 2.75) is 58.4 Å². The molecule has 1 aliphatic heterocycles. The molecule has 3 aromatic rings. The van der Waals surface area contributed by atoms with Gasteiger partial charge in [-0.2, -0.15) is 0 Å². The van der Waals surface area contributed by atoms with Crippen molar-refractivity contribution < 1.29 is 18.8 Å². The number of urea groups is 1. The minimum Gasteiger partial charge on any atom is -0.378 e. The van der Waals surface area contributed by atoms with Crippen LogP contribution in [0.3, 0.4) is 0 Å². The number of amides is 3. The summed E-state index contributed by atoms with van der Waals surface area (Å²) >= 11 is 0. The number of hydrogen-bond donors (Lipinski definition) is 3. The third-order valence-corrected chi connectivity index (χ3v) is 6.98. The molecule has 186 valence electrons. The first-order valence-electron chi connectivity index (χ1n) is 12.3. The molecule has 1 atom stereocenters. The number of fused-ring (bicyclic) bond motifs is 3. The van der Waals surface area contributed by atoms with Crippen molar-refractivity contribution in [3.8, 4) is 0 Å². The van der Waals surface area contributed by atoms with E-state index < -0.39 is 0 Å². The van der Waals surface area contributed by atoms with Gasteiger partial charge in [-0.05, 0) is 43.4 Å². The topological polar surface area (TPSA) is 112 Å². The van der Waals surface area contributed by atoms with Gasteiger partial charge in [-0.15, -0.1) is 0 Å². The Labute approximate surface area is 204 Å². The second-order valence-electron chi connectivity index (χ2n) is 10.5. The van der Waals surface area contributed by atoms with E-state index in [0.717, 1.165) is 47.1 Å². The summed E-state index contributed by atoms with van der Waals surface area (Å²) in [5.41, 5.74) is 4.93. The van der Waals surface area contributed by atoms with E-state index in [-0.39, 0.29) is 23.4 Å². The summed E-state index contributed by atoms with van der Waals surface area (Å²) in [5, 5.41) is 10.9. The molecule has 35 heavy (non-hydrogen) atoms. The fourth-order valence-corrected chi connectivity index (χ4v) is 4.94. The first kappa shape index (κ1) is 23.4. The van der Waals surface area contributed by atoms with Crippen molar-refractivity contribution >= 4 is 28.7 Å². The summed E-state index contributed by atoms with van der Waals surface area (Å²) in [6.45, 7) is 10.5. The van der Waals surface area contributed by atoms with Crippen molar-refractivity contribution in [2.24, 2.45) is 0 Å². The van der Waals surface area contributed by atoms with Crippen LogP contribution in [0.5, 0.6) is 0 Å². The van der Waals surface area contributed by atoms with Crippen LogP contribution in [0, 0.1) is 6.92 Å². The molecule has 1 aliphatic carbocycles. The Morgan fingerprint density at radius 2 is 1.97 bits per heavy atom. The minimum atomic E-state index is -0.290. The van der Waals surface area contributed by atoms with Gasteiger partial charge in [0.25, 0.3) is 5.91 Å². The van der Waals surface area contributed by atoms with Gasteiger partial charge in [0.1, 0.15) is 5.76 Å². The van der Waals surface area contributed by atoms with E-state index in [2.05, 4.69) is 20.8 Å². The Morgan fingerprint density at radius 3 is 2.69 bits per heavy atom. The van der Waals surface area contributed by atoms with Crippen LogP contribution in [0.2, 0.25) is 0 Å². The fourth-order valence-electron chi connectivity index (χ4n) is 4.94. The summed E-state index contributed by atoms with van der Waals surface area (Å²) in [4.78, 5) is 31.1. The van der Waals surface area contributed by atoms with Crippen LogP contribution >= 0.6 is 0 Å². The van der Waals surface area contributed by atoms with Crippen molar-refractivity contribution in [2.75, 3.05) is 31.6 Å². The lowest BCUT2D eigenvalue weighted by atomic mass is 9.91.